The van der Waals surface area contributed by atoms with Gasteiger partial charge in [0.25, 0.3) is 7.82 Å². The zero-order chi connectivity index (χ0) is 52.7. The van der Waals surface area contributed by atoms with E-state index in [2.05, 4.69) is 19.2 Å². The van der Waals surface area contributed by atoms with Crippen LogP contribution >= 0.6 is 7.82 Å². The zero-order valence-electron chi connectivity index (χ0n) is 49.2. The molecule has 0 radical (unpaired) electrons. The average molecular weight is 1040 g/mol. The maximum absolute atomic E-state index is 13.0. The predicted molar refractivity (Wildman–Crippen MR) is 312 cm³/mol. The molecule has 3 unspecified atom stereocenters. The molecule has 72 heavy (non-hydrogen) atoms. The van der Waals surface area contributed by atoms with E-state index in [4.69, 9.17) is 9.05 Å². The van der Waals surface area contributed by atoms with Gasteiger partial charge in [0.1, 0.15) is 13.2 Å². The summed E-state index contributed by atoms with van der Waals surface area (Å²) in [6.07, 6.45) is 68.8. The Morgan fingerprint density at radius 1 is 0.472 bits per heavy atom. The van der Waals surface area contributed by atoms with Crippen LogP contribution in [0.15, 0.2) is 12.2 Å². The highest BCUT2D eigenvalue weighted by Crippen LogP contribution is 2.38. The van der Waals surface area contributed by atoms with Gasteiger partial charge in [0.05, 0.1) is 39.9 Å². The van der Waals surface area contributed by atoms with Crippen molar-refractivity contribution in [3.05, 3.63) is 12.2 Å². The number of likely N-dealkylation sites (N-methyl/N-ethyl adjacent to an activating group) is 1. The Bertz CT molecular complexity index is 1180. The summed E-state index contributed by atoms with van der Waals surface area (Å²) < 4.78 is 23.4. The number of unbranched alkanes of at least 4 members (excludes halogenated alkanes) is 47. The van der Waals surface area contributed by atoms with E-state index in [1.807, 2.05) is 27.2 Å². The molecule has 8 nitrogen and oxygen atoms in total. The number of hydrogen-bond donors (Lipinski definition) is 2. The molecule has 0 fully saturated rings. The van der Waals surface area contributed by atoms with E-state index in [0.717, 1.165) is 38.5 Å². The zero-order valence-corrected chi connectivity index (χ0v) is 50.1. The van der Waals surface area contributed by atoms with Crippen molar-refractivity contribution in [2.24, 2.45) is 0 Å². The molecule has 0 aliphatic rings. The highest BCUT2D eigenvalue weighted by molar-refractivity contribution is 7.45. The summed E-state index contributed by atoms with van der Waals surface area (Å²) in [4.78, 5) is 25.5. The quantitative estimate of drug-likeness (QED) is 0.0272. The van der Waals surface area contributed by atoms with Crippen LogP contribution in [0.4, 0.5) is 0 Å². The van der Waals surface area contributed by atoms with Gasteiger partial charge in [-0.25, -0.2) is 0 Å². The first-order valence-electron chi connectivity index (χ1n) is 32.1. The number of phosphoric acid groups is 1. The number of rotatable bonds is 60. The Balaban J connectivity index is 4.03. The minimum Gasteiger partial charge on any atom is -0.756 e. The van der Waals surface area contributed by atoms with E-state index in [1.165, 1.54) is 276 Å². The van der Waals surface area contributed by atoms with Crippen LogP contribution in [0.1, 0.15) is 335 Å². The van der Waals surface area contributed by atoms with Crippen molar-refractivity contribution < 1.29 is 32.9 Å². The highest BCUT2D eigenvalue weighted by atomic mass is 31.2. The van der Waals surface area contributed by atoms with E-state index in [9.17, 15) is 19.4 Å². The van der Waals surface area contributed by atoms with Crippen molar-refractivity contribution in [1.29, 1.82) is 0 Å². The van der Waals surface area contributed by atoms with E-state index < -0.39 is 20.0 Å². The van der Waals surface area contributed by atoms with Crippen LogP contribution in [0.2, 0.25) is 0 Å². The number of nitrogens with one attached hydrogen (secondary N) is 1. The monoisotopic (exact) mass is 1040 g/mol. The molecule has 0 saturated carbocycles. The minimum absolute atomic E-state index is 0.00279. The number of aliphatic hydroxyl groups excluding tert-OH is 1. The summed E-state index contributed by atoms with van der Waals surface area (Å²) in [6.45, 7) is 4.71. The molecule has 0 heterocycles. The van der Waals surface area contributed by atoms with Crippen LogP contribution in [-0.2, 0) is 18.4 Å². The molecule has 0 spiro atoms. The van der Waals surface area contributed by atoms with Crippen LogP contribution in [-0.4, -0.2) is 68.5 Å². The fourth-order valence-electron chi connectivity index (χ4n) is 9.98. The third-order valence-corrected chi connectivity index (χ3v) is 16.0. The largest absolute Gasteiger partial charge is 0.756 e. The maximum atomic E-state index is 13.0. The molecule has 0 saturated heterocycles. The second kappa shape index (κ2) is 55.0. The number of carbonyl (C=O) groups excluding carboxylic acids is 1. The number of quaternary nitrogens is 1. The van der Waals surface area contributed by atoms with Gasteiger partial charge in [-0.15, -0.1) is 0 Å². The molecule has 9 heteroatoms. The van der Waals surface area contributed by atoms with Crippen molar-refractivity contribution in [3.63, 3.8) is 0 Å². The van der Waals surface area contributed by atoms with Gasteiger partial charge in [-0.3, -0.25) is 9.36 Å². The third kappa shape index (κ3) is 57.0. The lowest BCUT2D eigenvalue weighted by molar-refractivity contribution is -0.870. The maximum Gasteiger partial charge on any atom is 0.268 e. The Hall–Kier alpha value is -0.760. The Morgan fingerprint density at radius 3 is 1.04 bits per heavy atom. The van der Waals surface area contributed by atoms with Gasteiger partial charge in [-0.2, -0.15) is 0 Å². The minimum atomic E-state index is -4.59. The van der Waals surface area contributed by atoms with Gasteiger partial charge in [0.15, 0.2) is 0 Å². The Kier molecular flexibility index (Phi) is 54.4. The topological polar surface area (TPSA) is 108 Å². The summed E-state index contributed by atoms with van der Waals surface area (Å²) in [6, 6.07) is -0.882. The van der Waals surface area contributed by atoms with Crippen LogP contribution in [0.25, 0.3) is 0 Å². The van der Waals surface area contributed by atoms with E-state index >= 15 is 0 Å². The summed E-state index contributed by atoms with van der Waals surface area (Å²) in [7, 11) is 1.28. The van der Waals surface area contributed by atoms with Gasteiger partial charge in [-0.1, -0.05) is 321 Å². The SMILES string of the molecule is CCCCCCCCCCCCCCCCCCC/C=C/C(O)C(COP(=O)([O-])OCC[N+](C)(C)C)NC(=O)CCCCCCCCCCCCCCCCCCCCCCCCCCCCCCCCC. The Morgan fingerprint density at radius 2 is 0.750 bits per heavy atom. The fourth-order valence-corrected chi connectivity index (χ4v) is 10.7. The second-order valence-electron chi connectivity index (χ2n) is 23.5. The first kappa shape index (κ1) is 71.2. The smallest absolute Gasteiger partial charge is 0.268 e. The lowest BCUT2D eigenvalue weighted by Gasteiger charge is -2.29. The van der Waals surface area contributed by atoms with Crippen LogP contribution in [0.5, 0.6) is 0 Å². The molecular formula is C63H127N2O6P. The van der Waals surface area contributed by atoms with Gasteiger partial charge in [0, 0.05) is 6.42 Å². The average Bonchev–Trinajstić information content (AvgIpc) is 3.34. The van der Waals surface area contributed by atoms with E-state index in [-0.39, 0.29) is 19.1 Å². The predicted octanol–water partition coefficient (Wildman–Crippen LogP) is 19.1. The summed E-state index contributed by atoms with van der Waals surface area (Å²) in [5.74, 6) is -0.189. The number of nitrogens with zero attached hydrogens (tertiary/aromatic N) is 1. The first-order valence-corrected chi connectivity index (χ1v) is 33.5. The van der Waals surface area contributed by atoms with Crippen LogP contribution < -0.4 is 10.2 Å². The molecule has 2 N–H and O–H groups in total. The van der Waals surface area contributed by atoms with Crippen molar-refractivity contribution in [1.82, 2.24) is 5.32 Å². The molecule has 0 rings (SSSR count). The molecule has 3 atom stereocenters. The van der Waals surface area contributed by atoms with Crippen LogP contribution in [0, 0.1) is 0 Å². The van der Waals surface area contributed by atoms with Crippen molar-refractivity contribution >= 4 is 13.7 Å². The van der Waals surface area contributed by atoms with E-state index in [1.54, 1.807) is 6.08 Å². The molecule has 0 aliphatic heterocycles. The molecule has 0 aromatic rings. The summed E-state index contributed by atoms with van der Waals surface area (Å²) in [5.41, 5.74) is 0. The molecule has 0 aromatic carbocycles. The van der Waals surface area contributed by atoms with Gasteiger partial charge in [0.2, 0.25) is 5.91 Å². The molecule has 1 amide bonds. The lowest BCUT2D eigenvalue weighted by atomic mass is 10.0. The second-order valence-corrected chi connectivity index (χ2v) is 24.9. The normalized spacial score (nSPS) is 13.8. The number of phosphoric ester groups is 1. The van der Waals surface area contributed by atoms with Crippen molar-refractivity contribution in [2.75, 3.05) is 40.9 Å². The number of aliphatic hydroxyl groups is 1. The molecule has 430 valence electrons. The van der Waals surface area contributed by atoms with Crippen LogP contribution in [0.3, 0.4) is 0 Å². The first-order chi connectivity index (χ1) is 35.0. The van der Waals surface area contributed by atoms with Gasteiger partial charge in [-0.05, 0) is 19.3 Å². The van der Waals surface area contributed by atoms with E-state index in [0.29, 0.717) is 17.4 Å². The fraction of sp³-hybridized carbons (Fsp3) is 0.952. The summed E-state index contributed by atoms with van der Waals surface area (Å²) >= 11 is 0. The molecular weight excluding hydrogens is 912 g/mol. The lowest BCUT2D eigenvalue weighted by Crippen LogP contribution is -2.45. The number of allylic oxidation sites excluding steroid dienone is 1. The Labute approximate surface area is 450 Å². The molecule has 0 aromatic heterocycles. The molecule has 0 bridgehead atoms. The van der Waals surface area contributed by atoms with Gasteiger partial charge >= 0.3 is 0 Å². The number of carbonyl (C=O) groups is 1. The summed E-state index contributed by atoms with van der Waals surface area (Å²) in [5, 5.41) is 13.9. The number of hydrogen-bond acceptors (Lipinski definition) is 6. The molecule has 0 aliphatic carbocycles. The van der Waals surface area contributed by atoms with Crippen molar-refractivity contribution in [2.45, 2.75) is 347 Å². The number of amides is 1. The third-order valence-electron chi connectivity index (χ3n) is 15.0. The van der Waals surface area contributed by atoms with Crippen molar-refractivity contribution in [3.8, 4) is 0 Å². The van der Waals surface area contributed by atoms with Gasteiger partial charge < -0.3 is 28.8 Å². The standard InChI is InChI=1S/C63H127N2O6P/c1-6-8-10-12-14-16-18-20-22-24-26-27-28-29-30-31-32-33-34-35-36-37-39-41-43-45-47-49-51-53-55-57-63(67)64-61(60-71-72(68,69)70-59-58-65(3,4)5)62(66)56-54-52-50-48-46-44-42-40-38-25-23-21-19-17-15-13-11-9-7-2/h54,56,61-62,66H,6-53,55,57-60H2,1-5H3,(H-,64,67,68,69)/b56-54+. The highest BCUT2D eigenvalue weighted by Gasteiger charge is 2.23.